The highest BCUT2D eigenvalue weighted by Crippen LogP contribution is 2.37. The molecule has 1 aliphatic heterocycles. The van der Waals surface area contributed by atoms with Gasteiger partial charge in [-0.15, -0.1) is 0 Å². The van der Waals surface area contributed by atoms with Gasteiger partial charge in [0.15, 0.2) is 0 Å². The lowest BCUT2D eigenvalue weighted by Crippen LogP contribution is -2.45. The summed E-state index contributed by atoms with van der Waals surface area (Å²) in [5.74, 6) is 0.240. The number of amides is 1. The van der Waals surface area contributed by atoms with Crippen molar-refractivity contribution in [3.63, 3.8) is 0 Å². The maximum Gasteiger partial charge on any atom is 0.350 e. The van der Waals surface area contributed by atoms with E-state index in [0.29, 0.717) is 37.6 Å². The van der Waals surface area contributed by atoms with Crippen molar-refractivity contribution in [2.45, 2.75) is 41.5 Å². The summed E-state index contributed by atoms with van der Waals surface area (Å²) in [4.78, 5) is 26.8. The number of carbonyl (C=O) groups excluding carboxylic acids is 1. The molecule has 0 aliphatic carbocycles. The minimum absolute atomic E-state index is 0.120. The normalized spacial score (nSPS) is 15.6. The number of carbonyl (C=O) groups is 1. The number of hydrogen-bond donors (Lipinski definition) is 2. The van der Waals surface area contributed by atoms with Crippen molar-refractivity contribution in [3.8, 4) is 5.69 Å². The van der Waals surface area contributed by atoms with Gasteiger partial charge in [0.2, 0.25) is 5.91 Å². The molecule has 0 spiro atoms. The first-order chi connectivity index (χ1) is 15.4. The van der Waals surface area contributed by atoms with Gasteiger partial charge in [-0.3, -0.25) is 9.36 Å². The second kappa shape index (κ2) is 9.32. The Morgan fingerprint density at radius 1 is 1.19 bits per heavy atom. The van der Waals surface area contributed by atoms with Crippen LogP contribution in [0.3, 0.4) is 0 Å². The molecule has 8 nitrogen and oxygen atoms in total. The molecule has 4 rings (SSSR count). The maximum absolute atomic E-state index is 12.5. The monoisotopic (exact) mass is 454 g/mol. The first kappa shape index (κ1) is 22.3. The van der Waals surface area contributed by atoms with E-state index >= 15 is 0 Å². The molecule has 3 aromatic rings. The van der Waals surface area contributed by atoms with Crippen LogP contribution in [0.1, 0.15) is 24.2 Å². The number of aliphatic hydroxyl groups is 1. The Bertz CT molecular complexity index is 1160. The Balaban J connectivity index is 1.56. The molecule has 0 unspecified atom stereocenters. The minimum Gasteiger partial charge on any atom is -0.395 e. The van der Waals surface area contributed by atoms with Crippen molar-refractivity contribution in [2.24, 2.45) is 5.73 Å². The van der Waals surface area contributed by atoms with Gasteiger partial charge < -0.3 is 15.6 Å². The minimum atomic E-state index is -0.689. The molecule has 0 saturated carbocycles. The molecule has 1 fully saturated rings. The SMILES string of the molecule is Cc1nn(-c2ccc(Sc3cccc(C4(C(N)=O)CCOCC4)c3)cc2)c(=O)n1CCO. The highest BCUT2D eigenvalue weighted by molar-refractivity contribution is 7.99. The summed E-state index contributed by atoms with van der Waals surface area (Å²) >= 11 is 1.57. The number of rotatable bonds is 7. The maximum atomic E-state index is 12.5. The van der Waals surface area contributed by atoms with Gasteiger partial charge in [-0.2, -0.15) is 9.78 Å². The topological polar surface area (TPSA) is 112 Å². The Morgan fingerprint density at radius 3 is 2.56 bits per heavy atom. The number of primary amides is 1. The fourth-order valence-electron chi connectivity index (χ4n) is 4.07. The van der Waals surface area contributed by atoms with E-state index in [1.807, 2.05) is 48.5 Å². The van der Waals surface area contributed by atoms with Crippen molar-refractivity contribution < 1.29 is 14.6 Å². The second-order valence-corrected chi connectivity index (χ2v) is 8.95. The number of benzene rings is 2. The zero-order valence-corrected chi connectivity index (χ0v) is 18.7. The van der Waals surface area contributed by atoms with Crippen LogP contribution in [0.5, 0.6) is 0 Å². The molecule has 1 aromatic heterocycles. The molecule has 3 N–H and O–H groups in total. The summed E-state index contributed by atoms with van der Waals surface area (Å²) in [5.41, 5.74) is 6.41. The van der Waals surface area contributed by atoms with Crippen LogP contribution in [0.15, 0.2) is 63.1 Å². The van der Waals surface area contributed by atoms with E-state index in [9.17, 15) is 9.59 Å². The number of nitrogens with two attached hydrogens (primary N) is 1. The fourth-order valence-corrected chi connectivity index (χ4v) is 4.94. The highest BCUT2D eigenvalue weighted by Gasteiger charge is 2.40. The molecule has 2 aromatic carbocycles. The molecule has 1 aliphatic rings. The number of hydrogen-bond acceptors (Lipinski definition) is 6. The van der Waals surface area contributed by atoms with E-state index in [1.165, 1.54) is 9.25 Å². The second-order valence-electron chi connectivity index (χ2n) is 7.80. The fraction of sp³-hybridized carbons (Fsp3) is 0.348. The average molecular weight is 455 g/mol. The number of ether oxygens (including phenoxy) is 1. The van der Waals surface area contributed by atoms with Crippen molar-refractivity contribution >= 4 is 17.7 Å². The highest BCUT2D eigenvalue weighted by atomic mass is 32.2. The molecule has 1 saturated heterocycles. The standard InChI is InChI=1S/C23H26N4O4S/c1-16-25-27(22(30)26(16)11-12-28)18-5-7-19(8-6-18)32-20-4-2-3-17(15-20)23(21(24)29)9-13-31-14-10-23/h2-8,15,28H,9-14H2,1H3,(H2,24,29). The first-order valence-corrected chi connectivity index (χ1v) is 11.3. The van der Waals surface area contributed by atoms with Crippen molar-refractivity contribution in [1.82, 2.24) is 14.3 Å². The summed E-state index contributed by atoms with van der Waals surface area (Å²) in [7, 11) is 0. The summed E-state index contributed by atoms with van der Waals surface area (Å²) in [6, 6.07) is 15.5. The van der Waals surface area contributed by atoms with Crippen LogP contribution in [0.25, 0.3) is 5.69 Å². The van der Waals surface area contributed by atoms with E-state index in [2.05, 4.69) is 5.10 Å². The van der Waals surface area contributed by atoms with Crippen LogP contribution in [-0.2, 0) is 21.5 Å². The van der Waals surface area contributed by atoms with Gasteiger partial charge in [0.25, 0.3) is 0 Å². The molecule has 1 amide bonds. The lowest BCUT2D eigenvalue weighted by atomic mass is 9.73. The Labute approximate surface area is 190 Å². The third-order valence-corrected chi connectivity index (χ3v) is 6.89. The van der Waals surface area contributed by atoms with Crippen LogP contribution >= 0.6 is 11.8 Å². The van der Waals surface area contributed by atoms with Gasteiger partial charge in [-0.05, 0) is 61.7 Å². The third kappa shape index (κ3) is 4.23. The lowest BCUT2D eigenvalue weighted by molar-refractivity contribution is -0.127. The van der Waals surface area contributed by atoms with E-state index in [-0.39, 0.29) is 24.7 Å². The summed E-state index contributed by atoms with van der Waals surface area (Å²) < 4.78 is 8.22. The predicted octanol–water partition coefficient (Wildman–Crippen LogP) is 2.02. The number of nitrogens with zero attached hydrogens (tertiary/aromatic N) is 3. The molecule has 168 valence electrons. The molecule has 0 bridgehead atoms. The summed E-state index contributed by atoms with van der Waals surface area (Å²) in [6.07, 6.45) is 1.17. The predicted molar refractivity (Wildman–Crippen MR) is 121 cm³/mol. The first-order valence-electron chi connectivity index (χ1n) is 10.5. The van der Waals surface area contributed by atoms with Gasteiger partial charge >= 0.3 is 5.69 Å². The van der Waals surface area contributed by atoms with Crippen molar-refractivity contribution in [1.29, 1.82) is 0 Å². The Morgan fingerprint density at radius 2 is 1.91 bits per heavy atom. The van der Waals surface area contributed by atoms with Crippen LogP contribution in [-0.4, -0.2) is 45.2 Å². The zero-order chi connectivity index (χ0) is 22.7. The van der Waals surface area contributed by atoms with Gasteiger partial charge in [0.05, 0.1) is 24.3 Å². The Kier molecular flexibility index (Phi) is 6.50. The lowest BCUT2D eigenvalue weighted by Gasteiger charge is -2.34. The van der Waals surface area contributed by atoms with Crippen LogP contribution < -0.4 is 11.4 Å². The average Bonchev–Trinajstić information content (AvgIpc) is 3.09. The summed E-state index contributed by atoms with van der Waals surface area (Å²) in [5, 5.41) is 13.4. The third-order valence-electron chi connectivity index (χ3n) is 5.89. The van der Waals surface area contributed by atoms with Crippen molar-refractivity contribution in [3.05, 3.63) is 70.4 Å². The van der Waals surface area contributed by atoms with Gasteiger partial charge in [-0.1, -0.05) is 23.9 Å². The van der Waals surface area contributed by atoms with Crippen LogP contribution in [0, 0.1) is 6.92 Å². The number of aryl methyl sites for hydroxylation is 1. The van der Waals surface area contributed by atoms with E-state index in [4.69, 9.17) is 15.6 Å². The van der Waals surface area contributed by atoms with Crippen LogP contribution in [0.4, 0.5) is 0 Å². The molecule has 0 atom stereocenters. The van der Waals surface area contributed by atoms with Gasteiger partial charge in [0, 0.05) is 23.0 Å². The smallest absolute Gasteiger partial charge is 0.350 e. The molecule has 0 radical (unpaired) electrons. The van der Waals surface area contributed by atoms with E-state index in [1.54, 1.807) is 18.7 Å². The van der Waals surface area contributed by atoms with Gasteiger partial charge in [0.1, 0.15) is 5.82 Å². The Hall–Kier alpha value is -2.88. The van der Waals surface area contributed by atoms with Crippen LogP contribution in [0.2, 0.25) is 0 Å². The zero-order valence-electron chi connectivity index (χ0n) is 17.9. The molecule has 9 heteroatoms. The molecule has 2 heterocycles. The van der Waals surface area contributed by atoms with Crippen molar-refractivity contribution in [2.75, 3.05) is 19.8 Å². The largest absolute Gasteiger partial charge is 0.395 e. The van der Waals surface area contributed by atoms with E-state index in [0.717, 1.165) is 15.4 Å². The molecular weight excluding hydrogens is 428 g/mol. The molecular formula is C23H26N4O4S. The quantitative estimate of drug-likeness (QED) is 0.565. The van der Waals surface area contributed by atoms with Gasteiger partial charge in [-0.25, -0.2) is 4.79 Å². The summed E-state index contributed by atoms with van der Waals surface area (Å²) in [6.45, 7) is 2.88. The van der Waals surface area contributed by atoms with E-state index < -0.39 is 5.41 Å². The number of aliphatic hydroxyl groups excluding tert-OH is 1. The number of aromatic nitrogens is 3. The molecule has 32 heavy (non-hydrogen) atoms.